The van der Waals surface area contributed by atoms with Crippen molar-refractivity contribution in [3.8, 4) is 0 Å². The Morgan fingerprint density at radius 3 is 3.10 bits per heavy atom. The lowest BCUT2D eigenvalue weighted by Crippen LogP contribution is -2.14. The quantitative estimate of drug-likeness (QED) is 0.721. The summed E-state index contributed by atoms with van der Waals surface area (Å²) in [5.41, 5.74) is 3.26. The molecule has 2 aromatic heterocycles. The Morgan fingerprint density at radius 2 is 2.19 bits per heavy atom. The fourth-order valence-electron chi connectivity index (χ4n) is 3.35. The molecule has 0 spiro atoms. The maximum absolute atomic E-state index is 5.78. The molecule has 108 valence electrons. The summed E-state index contributed by atoms with van der Waals surface area (Å²) in [5.74, 6) is 1.14. The number of hydrogen-bond acceptors (Lipinski definition) is 3. The van der Waals surface area contributed by atoms with Crippen molar-refractivity contribution in [2.75, 3.05) is 13.2 Å². The second-order valence-corrected chi connectivity index (χ2v) is 5.67. The van der Waals surface area contributed by atoms with Gasteiger partial charge in [0.25, 0.3) is 0 Å². The van der Waals surface area contributed by atoms with Gasteiger partial charge in [-0.3, -0.25) is 4.98 Å². The topological polar surface area (TPSA) is 39.9 Å². The first-order chi connectivity index (χ1) is 10.4. The molecule has 4 heteroatoms. The van der Waals surface area contributed by atoms with Crippen LogP contribution in [0.3, 0.4) is 0 Å². The number of aromatic nitrogens is 3. The largest absolute Gasteiger partial charge is 0.379 e. The van der Waals surface area contributed by atoms with E-state index in [0.29, 0.717) is 6.04 Å². The molecule has 1 aromatic carbocycles. The fraction of sp³-hybridized carbons (Fsp3) is 0.412. The van der Waals surface area contributed by atoms with Crippen LogP contribution >= 0.6 is 0 Å². The van der Waals surface area contributed by atoms with Gasteiger partial charge in [0.05, 0.1) is 36.5 Å². The number of pyridine rings is 1. The molecule has 4 rings (SSSR count). The van der Waals surface area contributed by atoms with Crippen LogP contribution in [0.25, 0.3) is 21.9 Å². The van der Waals surface area contributed by atoms with Gasteiger partial charge in [0.15, 0.2) is 0 Å². The van der Waals surface area contributed by atoms with E-state index in [1.807, 2.05) is 12.3 Å². The maximum Gasteiger partial charge on any atom is 0.112 e. The highest BCUT2D eigenvalue weighted by atomic mass is 16.5. The first-order valence-corrected chi connectivity index (χ1v) is 7.70. The first-order valence-electron chi connectivity index (χ1n) is 7.70. The predicted molar refractivity (Wildman–Crippen MR) is 83.5 cm³/mol. The number of fused-ring (bicyclic) bond motifs is 5. The van der Waals surface area contributed by atoms with E-state index in [2.05, 4.69) is 34.7 Å². The zero-order chi connectivity index (χ0) is 14.2. The van der Waals surface area contributed by atoms with Crippen LogP contribution in [0.5, 0.6) is 0 Å². The molecule has 3 heterocycles. The first kappa shape index (κ1) is 12.8. The van der Waals surface area contributed by atoms with Crippen molar-refractivity contribution >= 4 is 21.9 Å². The molecule has 21 heavy (non-hydrogen) atoms. The van der Waals surface area contributed by atoms with E-state index in [-0.39, 0.29) is 0 Å². The van der Waals surface area contributed by atoms with Crippen molar-refractivity contribution < 1.29 is 4.74 Å². The van der Waals surface area contributed by atoms with E-state index >= 15 is 0 Å². The van der Waals surface area contributed by atoms with Gasteiger partial charge in [0.2, 0.25) is 0 Å². The van der Waals surface area contributed by atoms with Crippen LogP contribution in [-0.2, 0) is 11.2 Å². The van der Waals surface area contributed by atoms with Crippen LogP contribution in [0.2, 0.25) is 0 Å². The average molecular weight is 281 g/mol. The van der Waals surface area contributed by atoms with Crippen LogP contribution in [0.15, 0.2) is 30.5 Å². The van der Waals surface area contributed by atoms with Crippen molar-refractivity contribution in [3.05, 3.63) is 36.3 Å². The molecule has 0 fully saturated rings. The van der Waals surface area contributed by atoms with E-state index in [1.165, 1.54) is 10.9 Å². The number of para-hydroxylation sites is 1. The van der Waals surface area contributed by atoms with E-state index in [1.54, 1.807) is 0 Å². The van der Waals surface area contributed by atoms with E-state index < -0.39 is 0 Å². The zero-order valence-electron chi connectivity index (χ0n) is 12.2. The Labute approximate surface area is 123 Å². The number of rotatable bonds is 2. The molecule has 1 aliphatic rings. The molecule has 4 nitrogen and oxygen atoms in total. The third-order valence-electron chi connectivity index (χ3n) is 4.26. The van der Waals surface area contributed by atoms with Crippen LogP contribution in [0.1, 0.15) is 31.6 Å². The Balaban J connectivity index is 2.05. The van der Waals surface area contributed by atoms with Gasteiger partial charge in [-0.1, -0.05) is 31.5 Å². The molecule has 1 aliphatic heterocycles. The SMILES string of the molecule is CCCC1COCCc2nc3cnc4ccccc4c3n21. The maximum atomic E-state index is 5.78. The van der Waals surface area contributed by atoms with Crippen LogP contribution in [-0.4, -0.2) is 27.7 Å². The third kappa shape index (κ3) is 2.02. The van der Waals surface area contributed by atoms with Gasteiger partial charge in [-0.05, 0) is 12.5 Å². The second kappa shape index (κ2) is 5.11. The minimum absolute atomic E-state index is 0.378. The summed E-state index contributed by atoms with van der Waals surface area (Å²) in [6.45, 7) is 3.77. The average Bonchev–Trinajstić information content (AvgIpc) is 2.78. The van der Waals surface area contributed by atoms with Crippen molar-refractivity contribution in [2.24, 2.45) is 0 Å². The molecule has 3 aromatic rings. The van der Waals surface area contributed by atoms with Crippen molar-refractivity contribution in [2.45, 2.75) is 32.2 Å². The molecule has 0 bridgehead atoms. The molecule has 0 N–H and O–H groups in total. The van der Waals surface area contributed by atoms with Gasteiger partial charge < -0.3 is 9.30 Å². The number of imidazole rings is 1. The van der Waals surface area contributed by atoms with Gasteiger partial charge in [0.1, 0.15) is 11.3 Å². The minimum atomic E-state index is 0.378. The summed E-state index contributed by atoms with van der Waals surface area (Å²) in [4.78, 5) is 9.36. The van der Waals surface area contributed by atoms with Gasteiger partial charge >= 0.3 is 0 Å². The van der Waals surface area contributed by atoms with Gasteiger partial charge in [0, 0.05) is 11.8 Å². The number of ether oxygens (including phenoxy) is 1. The summed E-state index contributed by atoms with van der Waals surface area (Å²) in [6.07, 6.45) is 5.05. The van der Waals surface area contributed by atoms with Gasteiger partial charge in [-0.15, -0.1) is 0 Å². The standard InChI is InChI=1S/C17H19N3O/c1-2-5-12-11-21-9-8-16-19-15-10-18-14-7-4-3-6-13(14)17(15)20(12)16/h3-4,6-7,10,12H,2,5,8-9,11H2,1H3. The number of nitrogens with zero attached hydrogens (tertiary/aromatic N) is 3. The summed E-state index contributed by atoms with van der Waals surface area (Å²) < 4.78 is 8.20. The van der Waals surface area contributed by atoms with Crippen molar-refractivity contribution in [1.82, 2.24) is 14.5 Å². The smallest absolute Gasteiger partial charge is 0.112 e. The Hall–Kier alpha value is -1.94. The summed E-state index contributed by atoms with van der Waals surface area (Å²) in [7, 11) is 0. The number of benzene rings is 1. The second-order valence-electron chi connectivity index (χ2n) is 5.67. The van der Waals surface area contributed by atoms with Crippen LogP contribution in [0, 0.1) is 0 Å². The zero-order valence-corrected chi connectivity index (χ0v) is 12.2. The van der Waals surface area contributed by atoms with Gasteiger partial charge in [-0.2, -0.15) is 0 Å². The van der Waals surface area contributed by atoms with Crippen molar-refractivity contribution in [3.63, 3.8) is 0 Å². The highest BCUT2D eigenvalue weighted by Gasteiger charge is 2.23. The van der Waals surface area contributed by atoms with E-state index in [4.69, 9.17) is 9.72 Å². The highest BCUT2D eigenvalue weighted by Crippen LogP contribution is 2.31. The lowest BCUT2D eigenvalue weighted by Gasteiger charge is -2.18. The Morgan fingerprint density at radius 1 is 1.29 bits per heavy atom. The molecule has 0 saturated heterocycles. The van der Waals surface area contributed by atoms with E-state index in [9.17, 15) is 0 Å². The summed E-state index contributed by atoms with van der Waals surface area (Å²) in [6, 6.07) is 8.70. The van der Waals surface area contributed by atoms with Gasteiger partial charge in [-0.25, -0.2) is 4.98 Å². The monoisotopic (exact) mass is 281 g/mol. The molecule has 1 unspecified atom stereocenters. The predicted octanol–water partition coefficient (Wildman–Crippen LogP) is 3.50. The lowest BCUT2D eigenvalue weighted by atomic mass is 10.1. The Kier molecular flexibility index (Phi) is 3.11. The van der Waals surface area contributed by atoms with Crippen molar-refractivity contribution in [1.29, 1.82) is 0 Å². The van der Waals surface area contributed by atoms with Crippen LogP contribution in [0.4, 0.5) is 0 Å². The molecule has 1 atom stereocenters. The Bertz CT molecular complexity index is 793. The molecule has 0 amide bonds. The summed E-state index contributed by atoms with van der Waals surface area (Å²) in [5, 5.41) is 1.19. The molecule has 0 saturated carbocycles. The normalized spacial score (nSPS) is 18.8. The summed E-state index contributed by atoms with van der Waals surface area (Å²) >= 11 is 0. The molecule has 0 aliphatic carbocycles. The third-order valence-corrected chi connectivity index (χ3v) is 4.26. The molecule has 0 radical (unpaired) electrons. The van der Waals surface area contributed by atoms with Crippen LogP contribution < -0.4 is 0 Å². The molecular weight excluding hydrogens is 262 g/mol. The minimum Gasteiger partial charge on any atom is -0.379 e. The highest BCUT2D eigenvalue weighted by molar-refractivity contribution is 6.02. The molecular formula is C17H19N3O. The fourth-order valence-corrected chi connectivity index (χ4v) is 3.35. The van der Waals surface area contributed by atoms with E-state index in [0.717, 1.165) is 49.3 Å². The number of hydrogen-bond donors (Lipinski definition) is 0. The lowest BCUT2D eigenvalue weighted by molar-refractivity contribution is 0.116.